The van der Waals surface area contributed by atoms with Gasteiger partial charge >= 0.3 is 0 Å². The fraction of sp³-hybridized carbons (Fsp3) is 0.600. The number of aryl methyl sites for hydroxylation is 1. The molecular formula is C15H25NO2S. The smallest absolute Gasteiger partial charge is 0.119 e. The molecule has 0 saturated heterocycles. The Bertz CT molecular complexity index is 360. The van der Waals surface area contributed by atoms with Gasteiger partial charge in [-0.15, -0.1) is 0 Å². The molecule has 1 rings (SSSR count). The molecule has 1 aromatic carbocycles. The van der Waals surface area contributed by atoms with Crippen LogP contribution in [0.2, 0.25) is 0 Å². The first kappa shape index (κ1) is 16.3. The van der Waals surface area contributed by atoms with E-state index in [-0.39, 0.29) is 0 Å². The largest absolute Gasteiger partial charge is 0.491 e. The number of thioether (sulfide) groups is 1. The molecule has 1 aromatic rings. The lowest BCUT2D eigenvalue weighted by Crippen LogP contribution is -2.36. The van der Waals surface area contributed by atoms with E-state index in [1.54, 1.807) is 0 Å². The van der Waals surface area contributed by atoms with E-state index >= 15 is 0 Å². The third-order valence-electron chi connectivity index (χ3n) is 2.89. The molecule has 2 atom stereocenters. The molecular weight excluding hydrogens is 258 g/mol. The molecule has 0 aliphatic rings. The molecule has 3 nitrogen and oxygen atoms in total. The topological polar surface area (TPSA) is 41.5 Å². The molecule has 4 heteroatoms. The molecule has 0 radical (unpaired) electrons. The van der Waals surface area contributed by atoms with Crippen LogP contribution < -0.4 is 10.1 Å². The highest BCUT2D eigenvalue weighted by molar-refractivity contribution is 7.98. The highest BCUT2D eigenvalue weighted by Crippen LogP contribution is 2.12. The summed E-state index contributed by atoms with van der Waals surface area (Å²) in [5.41, 5.74) is 1.16. The number of benzene rings is 1. The molecule has 0 aliphatic heterocycles. The maximum atomic E-state index is 9.86. The van der Waals surface area contributed by atoms with Crippen LogP contribution in [0.1, 0.15) is 18.9 Å². The fourth-order valence-electron chi connectivity index (χ4n) is 1.69. The van der Waals surface area contributed by atoms with Crippen molar-refractivity contribution >= 4 is 11.8 Å². The van der Waals surface area contributed by atoms with E-state index in [4.69, 9.17) is 4.74 Å². The summed E-state index contributed by atoms with van der Waals surface area (Å²) in [6, 6.07) is 8.30. The number of rotatable bonds is 9. The lowest BCUT2D eigenvalue weighted by Gasteiger charge is -2.17. The predicted molar refractivity (Wildman–Crippen MR) is 83.1 cm³/mol. The van der Waals surface area contributed by atoms with Gasteiger partial charge in [0.15, 0.2) is 0 Å². The second kappa shape index (κ2) is 9.23. The van der Waals surface area contributed by atoms with Gasteiger partial charge in [0.25, 0.3) is 0 Å². The summed E-state index contributed by atoms with van der Waals surface area (Å²) < 4.78 is 5.57. The van der Waals surface area contributed by atoms with Gasteiger partial charge in [0.05, 0.1) is 0 Å². The van der Waals surface area contributed by atoms with E-state index in [0.29, 0.717) is 19.2 Å². The van der Waals surface area contributed by atoms with Crippen molar-refractivity contribution in [3.63, 3.8) is 0 Å². The van der Waals surface area contributed by atoms with Crippen molar-refractivity contribution in [3.8, 4) is 5.75 Å². The zero-order valence-electron chi connectivity index (χ0n) is 12.1. The zero-order valence-corrected chi connectivity index (χ0v) is 12.9. The molecule has 0 aromatic heterocycles. The van der Waals surface area contributed by atoms with Gasteiger partial charge in [-0.3, -0.25) is 0 Å². The van der Waals surface area contributed by atoms with Gasteiger partial charge in [0, 0.05) is 12.6 Å². The van der Waals surface area contributed by atoms with Crippen LogP contribution in [0.3, 0.4) is 0 Å². The monoisotopic (exact) mass is 283 g/mol. The molecule has 0 amide bonds. The summed E-state index contributed by atoms with van der Waals surface area (Å²) in [6.07, 6.45) is 2.75. The second-order valence-corrected chi connectivity index (χ2v) is 5.86. The predicted octanol–water partition coefficient (Wildman–Crippen LogP) is 2.47. The van der Waals surface area contributed by atoms with Crippen molar-refractivity contribution < 1.29 is 9.84 Å². The normalized spacial score (nSPS) is 14.1. The SMILES string of the molecule is CSCCC(C)NCC(O)COc1cccc(C)c1. The maximum absolute atomic E-state index is 9.86. The molecule has 2 unspecified atom stereocenters. The Morgan fingerprint density at radius 3 is 2.89 bits per heavy atom. The second-order valence-electron chi connectivity index (χ2n) is 4.87. The van der Waals surface area contributed by atoms with Crippen LogP contribution >= 0.6 is 11.8 Å². The lowest BCUT2D eigenvalue weighted by atomic mass is 10.2. The van der Waals surface area contributed by atoms with E-state index in [0.717, 1.165) is 23.5 Å². The van der Waals surface area contributed by atoms with E-state index in [1.807, 2.05) is 43.0 Å². The van der Waals surface area contributed by atoms with Crippen LogP contribution in [0.4, 0.5) is 0 Å². The maximum Gasteiger partial charge on any atom is 0.119 e. The molecule has 0 bridgehead atoms. The molecule has 2 N–H and O–H groups in total. The number of ether oxygens (including phenoxy) is 1. The van der Waals surface area contributed by atoms with Crippen molar-refractivity contribution in [2.75, 3.05) is 25.2 Å². The van der Waals surface area contributed by atoms with Crippen LogP contribution in [-0.2, 0) is 0 Å². The van der Waals surface area contributed by atoms with Crippen LogP contribution in [0, 0.1) is 6.92 Å². The van der Waals surface area contributed by atoms with Gasteiger partial charge in [0.2, 0.25) is 0 Å². The van der Waals surface area contributed by atoms with Crippen molar-refractivity contribution in [1.82, 2.24) is 5.32 Å². The molecule has 19 heavy (non-hydrogen) atoms. The van der Waals surface area contributed by atoms with Crippen LogP contribution in [0.15, 0.2) is 24.3 Å². The van der Waals surface area contributed by atoms with E-state index < -0.39 is 6.10 Å². The summed E-state index contributed by atoms with van der Waals surface area (Å²) in [6.45, 7) is 5.07. The third kappa shape index (κ3) is 7.45. The van der Waals surface area contributed by atoms with Crippen molar-refractivity contribution in [2.45, 2.75) is 32.4 Å². The first-order valence-corrected chi connectivity index (χ1v) is 8.11. The minimum atomic E-state index is -0.475. The quantitative estimate of drug-likeness (QED) is 0.730. The van der Waals surface area contributed by atoms with Crippen LogP contribution in [0.25, 0.3) is 0 Å². The highest BCUT2D eigenvalue weighted by atomic mass is 32.2. The first-order chi connectivity index (χ1) is 9.11. The number of aliphatic hydroxyl groups excluding tert-OH is 1. The summed E-state index contributed by atoms with van der Waals surface area (Å²) in [5, 5.41) is 13.2. The van der Waals surface area contributed by atoms with E-state index in [1.165, 1.54) is 0 Å². The Labute approximate surface area is 120 Å². The average molecular weight is 283 g/mol. The van der Waals surface area contributed by atoms with Crippen molar-refractivity contribution in [2.24, 2.45) is 0 Å². The average Bonchev–Trinajstić information content (AvgIpc) is 2.40. The fourth-order valence-corrected chi connectivity index (χ4v) is 2.28. The Morgan fingerprint density at radius 2 is 2.21 bits per heavy atom. The molecule has 0 fully saturated rings. The van der Waals surface area contributed by atoms with Crippen molar-refractivity contribution in [1.29, 1.82) is 0 Å². The first-order valence-electron chi connectivity index (χ1n) is 6.71. The van der Waals surface area contributed by atoms with Gasteiger partial charge in [-0.25, -0.2) is 0 Å². The molecule has 108 valence electrons. The van der Waals surface area contributed by atoms with Gasteiger partial charge < -0.3 is 15.2 Å². The van der Waals surface area contributed by atoms with Gasteiger partial charge in [-0.2, -0.15) is 11.8 Å². The van der Waals surface area contributed by atoms with Gasteiger partial charge in [-0.1, -0.05) is 12.1 Å². The van der Waals surface area contributed by atoms with Crippen LogP contribution in [0.5, 0.6) is 5.75 Å². The minimum Gasteiger partial charge on any atom is -0.491 e. The third-order valence-corrected chi connectivity index (χ3v) is 3.53. The molecule has 0 aliphatic carbocycles. The summed E-state index contributed by atoms with van der Waals surface area (Å²) in [5.74, 6) is 1.96. The summed E-state index contributed by atoms with van der Waals surface area (Å²) >= 11 is 1.85. The van der Waals surface area contributed by atoms with Gasteiger partial charge in [-0.05, 0) is 50.0 Å². The molecule has 0 saturated carbocycles. The number of aliphatic hydroxyl groups is 1. The Kier molecular flexibility index (Phi) is 7.94. The Morgan fingerprint density at radius 1 is 1.42 bits per heavy atom. The van der Waals surface area contributed by atoms with Crippen molar-refractivity contribution in [3.05, 3.63) is 29.8 Å². The molecule has 0 heterocycles. The van der Waals surface area contributed by atoms with Gasteiger partial charge in [0.1, 0.15) is 18.5 Å². The molecule has 0 spiro atoms. The summed E-state index contributed by atoms with van der Waals surface area (Å²) in [4.78, 5) is 0. The van der Waals surface area contributed by atoms with E-state index in [2.05, 4.69) is 18.5 Å². The summed E-state index contributed by atoms with van der Waals surface area (Å²) in [7, 11) is 0. The zero-order chi connectivity index (χ0) is 14.1. The standard InChI is InChI=1S/C15H25NO2S/c1-12-5-4-6-15(9-12)18-11-14(17)10-16-13(2)7-8-19-3/h4-6,9,13-14,16-17H,7-8,10-11H2,1-3H3. The number of hydrogen-bond acceptors (Lipinski definition) is 4. The van der Waals surface area contributed by atoms with Crippen LogP contribution in [-0.4, -0.2) is 42.4 Å². The number of hydrogen-bond donors (Lipinski definition) is 2. The number of nitrogens with one attached hydrogen (secondary N) is 1. The Balaban J connectivity index is 2.19. The van der Waals surface area contributed by atoms with E-state index in [9.17, 15) is 5.11 Å². The highest BCUT2D eigenvalue weighted by Gasteiger charge is 2.08. The lowest BCUT2D eigenvalue weighted by molar-refractivity contribution is 0.104. The minimum absolute atomic E-state index is 0.325. The Hall–Kier alpha value is -0.710.